The minimum atomic E-state index is 0.261. The Morgan fingerprint density at radius 2 is 2.54 bits per heavy atom. The fraction of sp³-hybridized carbons (Fsp3) is 0.875. The van der Waals surface area contributed by atoms with E-state index in [0.29, 0.717) is 12.6 Å². The summed E-state index contributed by atoms with van der Waals surface area (Å²) in [6.07, 6.45) is 1.30. The molecule has 1 heterocycles. The fourth-order valence-electron chi connectivity index (χ4n) is 1.43. The molecule has 1 aliphatic heterocycles. The minimum Gasteiger partial charge on any atom is -0.409 e. The Kier molecular flexibility index (Phi) is 3.98. The zero-order valence-electron chi connectivity index (χ0n) is 7.94. The highest BCUT2D eigenvalue weighted by molar-refractivity contribution is 5.81. The molecule has 0 saturated carbocycles. The molecule has 5 nitrogen and oxygen atoms in total. The van der Waals surface area contributed by atoms with Gasteiger partial charge in [-0.05, 0) is 6.42 Å². The van der Waals surface area contributed by atoms with E-state index in [0.717, 1.165) is 26.1 Å². The van der Waals surface area contributed by atoms with Crippen LogP contribution >= 0.6 is 0 Å². The second-order valence-electron chi connectivity index (χ2n) is 3.23. The Labute approximate surface area is 78.1 Å². The lowest BCUT2D eigenvalue weighted by Gasteiger charge is -2.31. The lowest BCUT2D eigenvalue weighted by Crippen LogP contribution is -2.45. The van der Waals surface area contributed by atoms with Crippen LogP contribution in [0.5, 0.6) is 0 Å². The summed E-state index contributed by atoms with van der Waals surface area (Å²) in [5.74, 6) is 0.261. The van der Waals surface area contributed by atoms with E-state index in [9.17, 15) is 0 Å². The molecule has 0 amide bonds. The van der Waals surface area contributed by atoms with Gasteiger partial charge in [-0.25, -0.2) is 0 Å². The van der Waals surface area contributed by atoms with Crippen LogP contribution in [0, 0.1) is 0 Å². The van der Waals surface area contributed by atoms with Crippen molar-refractivity contribution in [3.05, 3.63) is 0 Å². The zero-order chi connectivity index (χ0) is 9.68. The van der Waals surface area contributed by atoms with Crippen LogP contribution in [0.15, 0.2) is 5.16 Å². The lowest BCUT2D eigenvalue weighted by molar-refractivity contribution is -0.0246. The molecule has 0 aromatic carbocycles. The third-order valence-electron chi connectivity index (χ3n) is 2.19. The summed E-state index contributed by atoms with van der Waals surface area (Å²) in [4.78, 5) is 2.13. The summed E-state index contributed by atoms with van der Waals surface area (Å²) in [6, 6.07) is 0. The maximum Gasteiger partial charge on any atom is 0.153 e. The molecule has 3 N–H and O–H groups in total. The Morgan fingerprint density at radius 1 is 1.77 bits per heavy atom. The van der Waals surface area contributed by atoms with Crippen molar-refractivity contribution in [1.82, 2.24) is 4.90 Å². The number of hydrogen-bond acceptors (Lipinski definition) is 4. The standard InChI is InChI=1S/C8H17N3O2/c1-2-7-5-11(3-4-13-7)6-8(9)10-12/h7,12H,2-6H2,1H3,(H2,9,10). The number of rotatable bonds is 3. The van der Waals surface area contributed by atoms with Crippen LogP contribution in [-0.2, 0) is 4.74 Å². The number of ether oxygens (including phenoxy) is 1. The largest absolute Gasteiger partial charge is 0.409 e. The third-order valence-corrected chi connectivity index (χ3v) is 2.19. The van der Waals surface area contributed by atoms with Crippen molar-refractivity contribution >= 4 is 5.84 Å². The van der Waals surface area contributed by atoms with Crippen molar-refractivity contribution in [3.8, 4) is 0 Å². The van der Waals surface area contributed by atoms with Crippen molar-refractivity contribution < 1.29 is 9.94 Å². The van der Waals surface area contributed by atoms with Crippen LogP contribution in [0.2, 0.25) is 0 Å². The SMILES string of the molecule is CCC1CN(C/C(N)=N/O)CCO1. The van der Waals surface area contributed by atoms with Gasteiger partial charge < -0.3 is 15.7 Å². The summed E-state index contributed by atoms with van der Waals surface area (Å²) < 4.78 is 5.49. The predicted octanol–water partition coefficient (Wildman–Crippen LogP) is -0.156. The molecule has 0 bridgehead atoms. The Balaban J connectivity index is 2.34. The second kappa shape index (κ2) is 5.04. The van der Waals surface area contributed by atoms with Crippen LogP contribution < -0.4 is 5.73 Å². The van der Waals surface area contributed by atoms with E-state index in [1.807, 2.05) is 0 Å². The van der Waals surface area contributed by atoms with Crippen LogP contribution in [0.3, 0.4) is 0 Å². The highest BCUT2D eigenvalue weighted by Gasteiger charge is 2.19. The number of nitrogens with zero attached hydrogens (tertiary/aromatic N) is 2. The van der Waals surface area contributed by atoms with Crippen LogP contribution in [0.4, 0.5) is 0 Å². The molecule has 5 heteroatoms. The monoisotopic (exact) mass is 187 g/mol. The van der Waals surface area contributed by atoms with Gasteiger partial charge in [0, 0.05) is 13.1 Å². The molecule has 1 saturated heterocycles. The topological polar surface area (TPSA) is 71.1 Å². The number of morpholine rings is 1. The number of oxime groups is 1. The van der Waals surface area contributed by atoms with Gasteiger partial charge in [-0.15, -0.1) is 0 Å². The van der Waals surface area contributed by atoms with Crippen molar-refractivity contribution in [1.29, 1.82) is 0 Å². The van der Waals surface area contributed by atoms with Gasteiger partial charge in [0.25, 0.3) is 0 Å². The van der Waals surface area contributed by atoms with Crippen molar-refractivity contribution in [2.45, 2.75) is 19.4 Å². The van der Waals surface area contributed by atoms with Gasteiger partial charge in [-0.2, -0.15) is 0 Å². The normalized spacial score (nSPS) is 26.2. The lowest BCUT2D eigenvalue weighted by atomic mass is 10.2. The highest BCUT2D eigenvalue weighted by Crippen LogP contribution is 2.07. The van der Waals surface area contributed by atoms with Crippen LogP contribution in [0.1, 0.15) is 13.3 Å². The van der Waals surface area contributed by atoms with Gasteiger partial charge >= 0.3 is 0 Å². The fourth-order valence-corrected chi connectivity index (χ4v) is 1.43. The van der Waals surface area contributed by atoms with Crippen molar-refractivity contribution in [3.63, 3.8) is 0 Å². The van der Waals surface area contributed by atoms with E-state index in [1.165, 1.54) is 0 Å². The van der Waals surface area contributed by atoms with E-state index in [-0.39, 0.29) is 5.84 Å². The van der Waals surface area contributed by atoms with E-state index >= 15 is 0 Å². The first kappa shape index (κ1) is 10.3. The molecule has 1 aliphatic rings. The average molecular weight is 187 g/mol. The molecule has 0 spiro atoms. The van der Waals surface area contributed by atoms with E-state index in [4.69, 9.17) is 15.7 Å². The Morgan fingerprint density at radius 3 is 3.15 bits per heavy atom. The Bertz CT molecular complexity index is 184. The highest BCUT2D eigenvalue weighted by atomic mass is 16.5. The Hall–Kier alpha value is -0.810. The number of nitrogens with two attached hydrogens (primary N) is 1. The smallest absolute Gasteiger partial charge is 0.153 e. The minimum absolute atomic E-state index is 0.261. The molecule has 1 rings (SSSR count). The maximum absolute atomic E-state index is 8.39. The molecule has 0 radical (unpaired) electrons. The quantitative estimate of drug-likeness (QED) is 0.279. The summed E-state index contributed by atoms with van der Waals surface area (Å²) in [6.45, 7) is 5.07. The van der Waals surface area contributed by atoms with Gasteiger partial charge in [-0.1, -0.05) is 12.1 Å². The number of hydrogen-bond donors (Lipinski definition) is 2. The molecule has 1 fully saturated rings. The third kappa shape index (κ3) is 3.20. The second-order valence-corrected chi connectivity index (χ2v) is 3.23. The van der Waals surface area contributed by atoms with Gasteiger partial charge in [0.15, 0.2) is 5.84 Å². The number of amidine groups is 1. The molecule has 1 atom stereocenters. The van der Waals surface area contributed by atoms with Crippen molar-refractivity contribution in [2.75, 3.05) is 26.2 Å². The average Bonchev–Trinajstić information content (AvgIpc) is 2.18. The molecular formula is C8H17N3O2. The first-order valence-corrected chi connectivity index (χ1v) is 4.56. The maximum atomic E-state index is 8.39. The molecule has 76 valence electrons. The van der Waals surface area contributed by atoms with Gasteiger partial charge in [0.05, 0.1) is 19.3 Å². The molecule has 0 aromatic rings. The summed E-state index contributed by atoms with van der Waals surface area (Å²) in [5.41, 5.74) is 5.41. The molecule has 13 heavy (non-hydrogen) atoms. The molecular weight excluding hydrogens is 170 g/mol. The summed E-state index contributed by atoms with van der Waals surface area (Å²) in [5, 5.41) is 11.3. The van der Waals surface area contributed by atoms with Crippen LogP contribution in [-0.4, -0.2) is 48.3 Å². The predicted molar refractivity (Wildman–Crippen MR) is 49.9 cm³/mol. The molecule has 0 aliphatic carbocycles. The van der Waals surface area contributed by atoms with E-state index < -0.39 is 0 Å². The molecule has 0 aromatic heterocycles. The van der Waals surface area contributed by atoms with Gasteiger partial charge in [0.2, 0.25) is 0 Å². The van der Waals surface area contributed by atoms with Gasteiger partial charge in [0.1, 0.15) is 0 Å². The first-order chi connectivity index (χ1) is 6.26. The van der Waals surface area contributed by atoms with Crippen molar-refractivity contribution in [2.24, 2.45) is 10.9 Å². The van der Waals surface area contributed by atoms with E-state index in [1.54, 1.807) is 0 Å². The molecule has 1 unspecified atom stereocenters. The summed E-state index contributed by atoms with van der Waals surface area (Å²) >= 11 is 0. The van der Waals surface area contributed by atoms with Gasteiger partial charge in [-0.3, -0.25) is 4.90 Å². The van der Waals surface area contributed by atoms with E-state index in [2.05, 4.69) is 17.0 Å². The van der Waals surface area contributed by atoms with Crippen LogP contribution in [0.25, 0.3) is 0 Å². The zero-order valence-corrected chi connectivity index (χ0v) is 7.94. The first-order valence-electron chi connectivity index (χ1n) is 4.56. The summed E-state index contributed by atoms with van der Waals surface area (Å²) in [7, 11) is 0.